The summed E-state index contributed by atoms with van der Waals surface area (Å²) >= 11 is 3.11. The standard InChI is InChI=1S/C12H11BrN2O4S/c13-11-6-5-10(19-11)12(16)15-9-3-1-8(2-4-9)7-20(14,17)18/h1-6H,7H2,(H,15,16)(H2,14,17,18). The molecule has 1 aromatic carbocycles. The molecular formula is C12H11BrN2O4S. The lowest BCUT2D eigenvalue weighted by molar-refractivity contribution is 0.0995. The van der Waals surface area contributed by atoms with Crippen LogP contribution in [0.1, 0.15) is 16.1 Å². The zero-order valence-electron chi connectivity index (χ0n) is 10.2. The van der Waals surface area contributed by atoms with E-state index < -0.39 is 15.9 Å². The van der Waals surface area contributed by atoms with Gasteiger partial charge in [0.05, 0.1) is 5.75 Å². The van der Waals surface area contributed by atoms with Crippen LogP contribution in [0.5, 0.6) is 0 Å². The minimum atomic E-state index is -3.56. The van der Waals surface area contributed by atoms with E-state index in [9.17, 15) is 13.2 Å². The van der Waals surface area contributed by atoms with Crippen molar-refractivity contribution < 1.29 is 17.6 Å². The van der Waals surface area contributed by atoms with Crippen LogP contribution in [-0.2, 0) is 15.8 Å². The number of nitrogens with two attached hydrogens (primary N) is 1. The van der Waals surface area contributed by atoms with Crippen molar-refractivity contribution in [1.82, 2.24) is 0 Å². The van der Waals surface area contributed by atoms with E-state index in [0.717, 1.165) is 0 Å². The van der Waals surface area contributed by atoms with Gasteiger partial charge in [0.25, 0.3) is 5.91 Å². The average Bonchev–Trinajstić information content (AvgIpc) is 2.77. The molecule has 8 heteroatoms. The number of primary sulfonamides is 1. The number of hydrogen-bond donors (Lipinski definition) is 2. The normalized spacial score (nSPS) is 11.3. The van der Waals surface area contributed by atoms with Crippen LogP contribution >= 0.6 is 15.9 Å². The minimum Gasteiger partial charge on any atom is -0.444 e. The van der Waals surface area contributed by atoms with Crippen LogP contribution in [-0.4, -0.2) is 14.3 Å². The largest absolute Gasteiger partial charge is 0.444 e. The lowest BCUT2D eigenvalue weighted by Crippen LogP contribution is -2.14. The quantitative estimate of drug-likeness (QED) is 0.872. The summed E-state index contributed by atoms with van der Waals surface area (Å²) in [6.07, 6.45) is 0. The molecule has 106 valence electrons. The van der Waals surface area contributed by atoms with Gasteiger partial charge in [-0.2, -0.15) is 0 Å². The summed E-state index contributed by atoms with van der Waals surface area (Å²) in [4.78, 5) is 11.8. The molecule has 0 unspecified atom stereocenters. The van der Waals surface area contributed by atoms with Gasteiger partial charge in [-0.3, -0.25) is 4.79 Å². The van der Waals surface area contributed by atoms with Gasteiger partial charge in [0, 0.05) is 5.69 Å². The van der Waals surface area contributed by atoms with E-state index in [1.54, 1.807) is 30.3 Å². The number of sulfonamides is 1. The molecule has 2 aromatic rings. The van der Waals surface area contributed by atoms with Gasteiger partial charge in [-0.25, -0.2) is 13.6 Å². The van der Waals surface area contributed by atoms with Gasteiger partial charge in [0.2, 0.25) is 10.0 Å². The Morgan fingerprint density at radius 1 is 1.20 bits per heavy atom. The van der Waals surface area contributed by atoms with Gasteiger partial charge in [-0.1, -0.05) is 12.1 Å². The van der Waals surface area contributed by atoms with E-state index in [-0.39, 0.29) is 11.5 Å². The molecule has 20 heavy (non-hydrogen) atoms. The number of hydrogen-bond acceptors (Lipinski definition) is 4. The number of anilines is 1. The maximum atomic E-state index is 11.8. The molecule has 0 saturated heterocycles. The lowest BCUT2D eigenvalue weighted by Gasteiger charge is -2.04. The zero-order chi connectivity index (χ0) is 14.8. The van der Waals surface area contributed by atoms with Gasteiger partial charge >= 0.3 is 0 Å². The number of furan rings is 1. The first-order valence-electron chi connectivity index (χ1n) is 5.49. The van der Waals surface area contributed by atoms with E-state index in [2.05, 4.69) is 21.2 Å². The number of nitrogens with one attached hydrogen (secondary N) is 1. The third-order valence-electron chi connectivity index (χ3n) is 2.38. The van der Waals surface area contributed by atoms with Crippen molar-refractivity contribution in [2.24, 2.45) is 5.14 Å². The fourth-order valence-corrected chi connectivity index (χ4v) is 2.51. The molecule has 0 fully saturated rings. The van der Waals surface area contributed by atoms with E-state index in [1.807, 2.05) is 0 Å². The molecule has 3 N–H and O–H groups in total. The summed E-state index contributed by atoms with van der Waals surface area (Å²) in [6, 6.07) is 9.50. The summed E-state index contributed by atoms with van der Waals surface area (Å²) in [7, 11) is -3.56. The number of halogens is 1. The third-order valence-corrected chi connectivity index (χ3v) is 3.54. The Bertz CT molecular complexity index is 722. The van der Waals surface area contributed by atoms with Crippen molar-refractivity contribution >= 4 is 37.5 Å². The predicted molar refractivity (Wildman–Crippen MR) is 77.6 cm³/mol. The van der Waals surface area contributed by atoms with Crippen LogP contribution in [0.25, 0.3) is 0 Å². The Morgan fingerprint density at radius 3 is 2.35 bits per heavy atom. The molecule has 0 aliphatic heterocycles. The predicted octanol–water partition coefficient (Wildman–Crippen LogP) is 2.08. The Labute approximate surface area is 124 Å². The second-order valence-corrected chi connectivity index (χ2v) is 6.46. The number of rotatable bonds is 4. The molecule has 6 nitrogen and oxygen atoms in total. The highest BCUT2D eigenvalue weighted by molar-refractivity contribution is 9.10. The molecule has 2 rings (SSSR count). The monoisotopic (exact) mass is 358 g/mol. The number of carbonyl (C=O) groups is 1. The summed E-state index contributed by atoms with van der Waals surface area (Å²) in [6.45, 7) is 0. The molecule has 0 spiro atoms. The zero-order valence-corrected chi connectivity index (χ0v) is 12.6. The highest BCUT2D eigenvalue weighted by Crippen LogP contribution is 2.16. The maximum absolute atomic E-state index is 11.8. The number of amides is 1. The van der Waals surface area contributed by atoms with Gasteiger partial charge in [0.15, 0.2) is 10.4 Å². The lowest BCUT2D eigenvalue weighted by atomic mass is 10.2. The molecule has 0 radical (unpaired) electrons. The number of benzene rings is 1. The van der Waals surface area contributed by atoms with Gasteiger partial charge < -0.3 is 9.73 Å². The molecule has 1 amide bonds. The van der Waals surface area contributed by atoms with Crippen LogP contribution < -0.4 is 10.5 Å². The molecular weight excluding hydrogens is 348 g/mol. The van der Waals surface area contributed by atoms with E-state index in [1.165, 1.54) is 6.07 Å². The summed E-state index contributed by atoms with van der Waals surface area (Å²) in [5.74, 6) is -0.466. The van der Waals surface area contributed by atoms with E-state index in [4.69, 9.17) is 9.56 Å². The molecule has 1 heterocycles. The number of carbonyl (C=O) groups excluding carboxylic acids is 1. The first kappa shape index (κ1) is 14.8. The summed E-state index contributed by atoms with van der Waals surface area (Å²) in [5, 5.41) is 7.58. The second kappa shape index (κ2) is 5.78. The summed E-state index contributed by atoms with van der Waals surface area (Å²) < 4.78 is 27.5. The Morgan fingerprint density at radius 2 is 1.85 bits per heavy atom. The smallest absolute Gasteiger partial charge is 0.291 e. The maximum Gasteiger partial charge on any atom is 0.291 e. The van der Waals surface area contributed by atoms with Crippen molar-refractivity contribution in [3.05, 3.63) is 52.4 Å². The minimum absolute atomic E-state index is 0.172. The molecule has 0 saturated carbocycles. The van der Waals surface area contributed by atoms with Crippen LogP contribution in [0, 0.1) is 0 Å². The third kappa shape index (κ3) is 4.19. The SMILES string of the molecule is NS(=O)(=O)Cc1ccc(NC(=O)c2ccc(Br)o2)cc1. The van der Waals surface area contributed by atoms with Crippen molar-refractivity contribution in [1.29, 1.82) is 0 Å². The Kier molecular flexibility index (Phi) is 4.26. The van der Waals surface area contributed by atoms with E-state index in [0.29, 0.717) is 15.9 Å². The average molecular weight is 359 g/mol. The van der Waals surface area contributed by atoms with Crippen molar-refractivity contribution in [3.8, 4) is 0 Å². The Hall–Kier alpha value is -1.64. The van der Waals surface area contributed by atoms with Crippen molar-refractivity contribution in [3.63, 3.8) is 0 Å². The fourth-order valence-electron chi connectivity index (χ4n) is 1.55. The summed E-state index contributed by atoms with van der Waals surface area (Å²) in [5.41, 5.74) is 1.08. The van der Waals surface area contributed by atoms with Crippen LogP contribution in [0.4, 0.5) is 5.69 Å². The molecule has 0 aliphatic rings. The van der Waals surface area contributed by atoms with Crippen LogP contribution in [0.3, 0.4) is 0 Å². The van der Waals surface area contributed by atoms with Gasteiger partial charge in [-0.05, 0) is 45.8 Å². The van der Waals surface area contributed by atoms with Crippen molar-refractivity contribution in [2.75, 3.05) is 5.32 Å². The second-order valence-electron chi connectivity index (χ2n) is 4.06. The van der Waals surface area contributed by atoms with E-state index >= 15 is 0 Å². The van der Waals surface area contributed by atoms with Crippen LogP contribution in [0.2, 0.25) is 0 Å². The van der Waals surface area contributed by atoms with Crippen LogP contribution in [0.15, 0.2) is 45.5 Å². The van der Waals surface area contributed by atoms with Gasteiger partial charge in [0.1, 0.15) is 0 Å². The molecule has 0 atom stereocenters. The topological polar surface area (TPSA) is 102 Å². The molecule has 0 aliphatic carbocycles. The van der Waals surface area contributed by atoms with Crippen molar-refractivity contribution in [2.45, 2.75) is 5.75 Å². The highest BCUT2D eigenvalue weighted by Gasteiger charge is 2.11. The molecule has 0 bridgehead atoms. The highest BCUT2D eigenvalue weighted by atomic mass is 79.9. The molecule has 1 aromatic heterocycles. The fraction of sp³-hybridized carbons (Fsp3) is 0.0833. The van der Waals surface area contributed by atoms with Gasteiger partial charge in [-0.15, -0.1) is 0 Å². The Balaban J connectivity index is 2.06. The first-order chi connectivity index (χ1) is 9.33. The first-order valence-corrected chi connectivity index (χ1v) is 8.00.